The van der Waals surface area contributed by atoms with Crippen LogP contribution in [0.4, 0.5) is 0 Å². The largest absolute Gasteiger partial charge is 0.270 e. The average molecular weight is 333 g/mol. The van der Waals surface area contributed by atoms with Crippen LogP contribution in [0.1, 0.15) is 17.4 Å². The van der Waals surface area contributed by atoms with Crippen LogP contribution in [0.2, 0.25) is 0 Å². The van der Waals surface area contributed by atoms with E-state index < -0.39 is 0 Å². The van der Waals surface area contributed by atoms with Gasteiger partial charge in [-0.2, -0.15) is 0 Å². The summed E-state index contributed by atoms with van der Waals surface area (Å²) >= 11 is 3.56. The standard InChI is InChI=1S/C13H13BrN6/c1-20-11(7-16-19-20)13(18-15)12-9(14)6-8-4-2-3-5-10(8)17-12/h2-7,13,18H,15H2,1H3. The van der Waals surface area contributed by atoms with E-state index in [1.807, 2.05) is 37.4 Å². The molecule has 6 nitrogen and oxygen atoms in total. The molecule has 0 spiro atoms. The first-order valence-corrected chi connectivity index (χ1v) is 6.86. The first-order valence-electron chi connectivity index (χ1n) is 6.06. The second-order valence-electron chi connectivity index (χ2n) is 4.43. The van der Waals surface area contributed by atoms with E-state index in [1.54, 1.807) is 10.9 Å². The van der Waals surface area contributed by atoms with Crippen LogP contribution < -0.4 is 11.3 Å². The lowest BCUT2D eigenvalue weighted by Crippen LogP contribution is -2.31. The molecule has 7 heteroatoms. The lowest BCUT2D eigenvalue weighted by Gasteiger charge is -2.17. The maximum atomic E-state index is 5.70. The summed E-state index contributed by atoms with van der Waals surface area (Å²) < 4.78 is 2.56. The smallest absolute Gasteiger partial charge is 0.108 e. The minimum Gasteiger partial charge on any atom is -0.270 e. The minimum absolute atomic E-state index is 0.283. The molecule has 0 saturated heterocycles. The van der Waals surface area contributed by atoms with Crippen LogP contribution in [0.3, 0.4) is 0 Å². The van der Waals surface area contributed by atoms with Crippen molar-refractivity contribution < 1.29 is 0 Å². The summed E-state index contributed by atoms with van der Waals surface area (Å²) in [4.78, 5) is 4.68. The van der Waals surface area contributed by atoms with Crippen LogP contribution in [0.15, 0.2) is 41.0 Å². The number of pyridine rings is 1. The molecule has 0 aliphatic rings. The van der Waals surface area contributed by atoms with Gasteiger partial charge in [0.1, 0.15) is 6.04 Å². The van der Waals surface area contributed by atoms with Crippen molar-refractivity contribution >= 4 is 26.8 Å². The van der Waals surface area contributed by atoms with Crippen LogP contribution in [0, 0.1) is 0 Å². The number of fused-ring (bicyclic) bond motifs is 1. The van der Waals surface area contributed by atoms with E-state index in [-0.39, 0.29) is 6.04 Å². The van der Waals surface area contributed by atoms with Crippen LogP contribution in [-0.4, -0.2) is 20.0 Å². The van der Waals surface area contributed by atoms with Crippen LogP contribution >= 0.6 is 15.9 Å². The number of aromatic nitrogens is 4. The zero-order valence-electron chi connectivity index (χ0n) is 10.8. The average Bonchev–Trinajstić information content (AvgIpc) is 2.87. The first kappa shape index (κ1) is 13.2. The molecule has 3 N–H and O–H groups in total. The van der Waals surface area contributed by atoms with Crippen LogP contribution in [0.25, 0.3) is 10.9 Å². The lowest BCUT2D eigenvalue weighted by molar-refractivity contribution is 0.559. The quantitative estimate of drug-likeness (QED) is 0.563. The van der Waals surface area contributed by atoms with Crippen molar-refractivity contribution in [2.24, 2.45) is 12.9 Å². The van der Waals surface area contributed by atoms with Crippen molar-refractivity contribution in [1.82, 2.24) is 25.4 Å². The molecular formula is C13H13BrN6. The molecule has 1 unspecified atom stereocenters. The van der Waals surface area contributed by atoms with E-state index in [2.05, 4.69) is 36.7 Å². The van der Waals surface area contributed by atoms with Crippen molar-refractivity contribution in [1.29, 1.82) is 0 Å². The third kappa shape index (κ3) is 2.20. The minimum atomic E-state index is -0.283. The number of nitrogens with two attached hydrogens (primary N) is 1. The SMILES string of the molecule is Cn1nncc1C(NN)c1nc2ccccc2cc1Br. The number of hydrazine groups is 1. The Morgan fingerprint density at radius 3 is 2.85 bits per heavy atom. The highest BCUT2D eigenvalue weighted by atomic mass is 79.9. The van der Waals surface area contributed by atoms with Gasteiger partial charge in [0.15, 0.2) is 0 Å². The molecule has 0 bridgehead atoms. The second kappa shape index (κ2) is 5.28. The molecule has 0 fully saturated rings. The Labute approximate surface area is 124 Å². The number of nitrogens with zero attached hydrogens (tertiary/aromatic N) is 4. The van der Waals surface area contributed by atoms with Gasteiger partial charge >= 0.3 is 0 Å². The van der Waals surface area contributed by atoms with Gasteiger partial charge in [-0.1, -0.05) is 23.4 Å². The third-order valence-electron chi connectivity index (χ3n) is 3.19. The van der Waals surface area contributed by atoms with Crippen LogP contribution in [0.5, 0.6) is 0 Å². The van der Waals surface area contributed by atoms with E-state index in [4.69, 9.17) is 5.84 Å². The molecule has 1 atom stereocenters. The number of nitrogens with one attached hydrogen (secondary N) is 1. The lowest BCUT2D eigenvalue weighted by atomic mass is 10.1. The summed E-state index contributed by atoms with van der Waals surface area (Å²) in [5, 5.41) is 8.88. The monoisotopic (exact) mass is 332 g/mol. The Kier molecular flexibility index (Phi) is 3.47. The molecule has 20 heavy (non-hydrogen) atoms. The molecule has 0 radical (unpaired) electrons. The van der Waals surface area contributed by atoms with Crippen molar-refractivity contribution in [3.05, 3.63) is 52.4 Å². The predicted molar refractivity (Wildman–Crippen MR) is 79.6 cm³/mol. The van der Waals surface area contributed by atoms with E-state index in [0.717, 1.165) is 26.8 Å². The van der Waals surface area contributed by atoms with Gasteiger partial charge in [-0.25, -0.2) is 10.4 Å². The number of hydrogen-bond acceptors (Lipinski definition) is 5. The molecule has 1 aromatic carbocycles. The highest BCUT2D eigenvalue weighted by molar-refractivity contribution is 9.10. The Bertz CT molecular complexity index is 753. The Morgan fingerprint density at radius 2 is 2.15 bits per heavy atom. The fourth-order valence-electron chi connectivity index (χ4n) is 2.17. The van der Waals surface area contributed by atoms with Crippen molar-refractivity contribution in [3.8, 4) is 0 Å². The topological polar surface area (TPSA) is 81.7 Å². The molecule has 0 saturated carbocycles. The molecule has 0 aliphatic heterocycles. The fraction of sp³-hybridized carbons (Fsp3) is 0.154. The Hall–Kier alpha value is -1.83. The van der Waals surface area contributed by atoms with Gasteiger partial charge in [-0.05, 0) is 28.1 Å². The Balaban J connectivity index is 2.17. The molecule has 0 amide bonds. The molecule has 0 aliphatic carbocycles. The molecule has 102 valence electrons. The maximum absolute atomic E-state index is 5.70. The molecular weight excluding hydrogens is 320 g/mol. The summed E-state index contributed by atoms with van der Waals surface area (Å²) in [6.07, 6.45) is 1.67. The van der Waals surface area contributed by atoms with E-state index >= 15 is 0 Å². The summed E-state index contributed by atoms with van der Waals surface area (Å²) in [7, 11) is 1.82. The van der Waals surface area contributed by atoms with Gasteiger partial charge in [-0.3, -0.25) is 10.5 Å². The number of benzene rings is 1. The van der Waals surface area contributed by atoms with Crippen molar-refractivity contribution in [3.63, 3.8) is 0 Å². The normalized spacial score (nSPS) is 12.8. The van der Waals surface area contributed by atoms with Gasteiger partial charge in [0, 0.05) is 16.9 Å². The molecule has 3 aromatic rings. The summed E-state index contributed by atoms with van der Waals surface area (Å²) in [5.41, 5.74) is 5.34. The van der Waals surface area contributed by atoms with E-state index in [1.165, 1.54) is 0 Å². The number of para-hydroxylation sites is 1. The van der Waals surface area contributed by atoms with E-state index in [0.29, 0.717) is 0 Å². The van der Waals surface area contributed by atoms with Gasteiger partial charge in [0.2, 0.25) is 0 Å². The number of halogens is 1. The van der Waals surface area contributed by atoms with Crippen LogP contribution in [-0.2, 0) is 7.05 Å². The maximum Gasteiger partial charge on any atom is 0.108 e. The summed E-state index contributed by atoms with van der Waals surface area (Å²) in [6, 6.07) is 9.69. The number of rotatable bonds is 3. The summed E-state index contributed by atoms with van der Waals surface area (Å²) in [5.74, 6) is 5.70. The number of aryl methyl sites for hydroxylation is 1. The van der Waals surface area contributed by atoms with Crippen molar-refractivity contribution in [2.45, 2.75) is 6.04 Å². The molecule has 2 heterocycles. The van der Waals surface area contributed by atoms with Gasteiger partial charge in [-0.15, -0.1) is 5.10 Å². The van der Waals surface area contributed by atoms with Gasteiger partial charge < -0.3 is 0 Å². The highest BCUT2D eigenvalue weighted by Crippen LogP contribution is 2.28. The summed E-state index contributed by atoms with van der Waals surface area (Å²) in [6.45, 7) is 0. The second-order valence-corrected chi connectivity index (χ2v) is 5.28. The fourth-order valence-corrected chi connectivity index (χ4v) is 2.74. The predicted octanol–water partition coefficient (Wildman–Crippen LogP) is 1.68. The zero-order chi connectivity index (χ0) is 14.1. The third-order valence-corrected chi connectivity index (χ3v) is 3.83. The van der Waals surface area contributed by atoms with Crippen molar-refractivity contribution in [2.75, 3.05) is 0 Å². The number of hydrogen-bond donors (Lipinski definition) is 2. The van der Waals surface area contributed by atoms with E-state index in [9.17, 15) is 0 Å². The van der Waals surface area contributed by atoms with Gasteiger partial charge in [0.25, 0.3) is 0 Å². The van der Waals surface area contributed by atoms with Gasteiger partial charge in [0.05, 0.1) is 23.1 Å². The first-order chi connectivity index (χ1) is 9.70. The highest BCUT2D eigenvalue weighted by Gasteiger charge is 2.21. The molecule has 2 aromatic heterocycles. The Morgan fingerprint density at radius 1 is 1.35 bits per heavy atom. The zero-order valence-corrected chi connectivity index (χ0v) is 12.4. The molecule has 3 rings (SSSR count).